The van der Waals surface area contributed by atoms with Gasteiger partial charge in [-0.15, -0.1) is 0 Å². The van der Waals surface area contributed by atoms with E-state index in [-0.39, 0.29) is 5.69 Å². The van der Waals surface area contributed by atoms with Crippen LogP contribution >= 0.6 is 0 Å². The zero-order chi connectivity index (χ0) is 20.6. The van der Waals surface area contributed by atoms with Crippen molar-refractivity contribution >= 4 is 16.8 Å². The van der Waals surface area contributed by atoms with E-state index < -0.39 is 17.6 Å². The molecule has 4 rings (SSSR count). The first-order chi connectivity index (χ1) is 13.8. The zero-order valence-corrected chi connectivity index (χ0v) is 15.0. The molecule has 0 aliphatic rings. The number of amides is 1. The molecule has 2 aromatic heterocycles. The number of fused-ring (bicyclic) bond motifs is 1. The molecule has 8 heteroatoms. The van der Waals surface area contributed by atoms with Gasteiger partial charge in [-0.3, -0.25) is 9.48 Å². The molecule has 0 unspecified atom stereocenters. The number of hydrogen-bond donors (Lipinski definition) is 1. The van der Waals surface area contributed by atoms with E-state index in [1.165, 1.54) is 12.1 Å². The van der Waals surface area contributed by atoms with Crippen molar-refractivity contribution in [1.29, 1.82) is 0 Å². The fraction of sp³-hybridized carbons (Fsp3) is 0.0952. The minimum atomic E-state index is -4.35. The summed E-state index contributed by atoms with van der Waals surface area (Å²) in [6.45, 7) is 0.344. The van der Waals surface area contributed by atoms with Gasteiger partial charge < -0.3 is 5.73 Å². The van der Waals surface area contributed by atoms with Crippen LogP contribution in [-0.4, -0.2) is 20.7 Å². The minimum Gasteiger partial charge on any atom is -0.364 e. The van der Waals surface area contributed by atoms with Crippen LogP contribution in [0.25, 0.3) is 22.2 Å². The van der Waals surface area contributed by atoms with Gasteiger partial charge in [0.1, 0.15) is 5.69 Å². The van der Waals surface area contributed by atoms with Crippen molar-refractivity contribution in [2.45, 2.75) is 12.7 Å². The Morgan fingerprint density at radius 2 is 1.79 bits per heavy atom. The molecule has 0 aliphatic carbocycles. The number of carbonyl (C=O) groups excluding carboxylic acids is 1. The van der Waals surface area contributed by atoms with Crippen LogP contribution in [0.5, 0.6) is 0 Å². The molecule has 0 bridgehead atoms. The average molecular weight is 396 g/mol. The summed E-state index contributed by atoms with van der Waals surface area (Å²) in [4.78, 5) is 15.6. The summed E-state index contributed by atoms with van der Waals surface area (Å²) >= 11 is 0. The maximum absolute atomic E-state index is 12.7. The minimum absolute atomic E-state index is 0.181. The summed E-state index contributed by atoms with van der Waals surface area (Å²) < 4.78 is 39.8. The number of benzene rings is 2. The van der Waals surface area contributed by atoms with Crippen LogP contribution in [0.1, 0.15) is 21.6 Å². The molecule has 4 aromatic rings. The van der Waals surface area contributed by atoms with Crippen molar-refractivity contribution in [2.75, 3.05) is 0 Å². The number of aromatic nitrogens is 3. The van der Waals surface area contributed by atoms with E-state index in [9.17, 15) is 18.0 Å². The predicted molar refractivity (Wildman–Crippen MR) is 102 cm³/mol. The van der Waals surface area contributed by atoms with E-state index >= 15 is 0 Å². The second-order valence-electron chi connectivity index (χ2n) is 6.54. The van der Waals surface area contributed by atoms with E-state index in [0.717, 1.165) is 28.6 Å². The SMILES string of the molecule is NC(=O)c1cccc(-c2ccc3c(cnn3Cc3ccc(C(F)(F)F)cc3)c2)n1. The summed E-state index contributed by atoms with van der Waals surface area (Å²) in [7, 11) is 0. The molecule has 29 heavy (non-hydrogen) atoms. The third-order valence-electron chi connectivity index (χ3n) is 4.55. The number of rotatable bonds is 4. The summed E-state index contributed by atoms with van der Waals surface area (Å²) in [6.07, 6.45) is -2.67. The van der Waals surface area contributed by atoms with E-state index in [2.05, 4.69) is 10.1 Å². The maximum atomic E-state index is 12.7. The van der Waals surface area contributed by atoms with E-state index in [0.29, 0.717) is 17.8 Å². The lowest BCUT2D eigenvalue weighted by Gasteiger charge is -2.08. The van der Waals surface area contributed by atoms with Crippen LogP contribution in [0.15, 0.2) is 66.9 Å². The van der Waals surface area contributed by atoms with Crippen molar-refractivity contribution in [3.05, 3.63) is 83.7 Å². The molecule has 0 saturated heterocycles. The van der Waals surface area contributed by atoms with Crippen molar-refractivity contribution in [3.8, 4) is 11.3 Å². The van der Waals surface area contributed by atoms with Crippen LogP contribution in [-0.2, 0) is 12.7 Å². The molecular formula is C21H15F3N4O. The zero-order valence-electron chi connectivity index (χ0n) is 15.0. The second kappa shape index (κ2) is 7.05. The van der Waals surface area contributed by atoms with Gasteiger partial charge in [0.15, 0.2) is 0 Å². The molecule has 2 aromatic carbocycles. The Balaban J connectivity index is 1.62. The third kappa shape index (κ3) is 3.82. The monoisotopic (exact) mass is 396 g/mol. The van der Waals surface area contributed by atoms with E-state index in [1.807, 2.05) is 18.2 Å². The van der Waals surface area contributed by atoms with Gasteiger partial charge in [0.25, 0.3) is 5.91 Å². The first-order valence-corrected chi connectivity index (χ1v) is 8.70. The number of pyridine rings is 1. The number of halogens is 3. The first-order valence-electron chi connectivity index (χ1n) is 8.70. The maximum Gasteiger partial charge on any atom is 0.416 e. The second-order valence-corrected chi connectivity index (χ2v) is 6.54. The average Bonchev–Trinajstić information content (AvgIpc) is 3.10. The van der Waals surface area contributed by atoms with Crippen LogP contribution in [0.3, 0.4) is 0 Å². The van der Waals surface area contributed by atoms with Gasteiger partial charge in [-0.2, -0.15) is 18.3 Å². The molecule has 0 aliphatic heterocycles. The van der Waals surface area contributed by atoms with E-state index in [4.69, 9.17) is 5.73 Å². The van der Waals surface area contributed by atoms with Crippen molar-refractivity contribution < 1.29 is 18.0 Å². The lowest BCUT2D eigenvalue weighted by atomic mass is 10.1. The normalized spacial score (nSPS) is 11.7. The van der Waals surface area contributed by atoms with Crippen molar-refractivity contribution in [1.82, 2.24) is 14.8 Å². The molecular weight excluding hydrogens is 381 g/mol. The highest BCUT2D eigenvalue weighted by atomic mass is 19.4. The summed E-state index contributed by atoms with van der Waals surface area (Å²) in [6, 6.07) is 15.7. The number of nitrogens with zero attached hydrogens (tertiary/aromatic N) is 3. The first kappa shape index (κ1) is 18.7. The number of hydrogen-bond acceptors (Lipinski definition) is 3. The van der Waals surface area contributed by atoms with Gasteiger partial charge in [-0.1, -0.05) is 24.3 Å². The number of nitrogens with two attached hydrogens (primary N) is 1. The Morgan fingerprint density at radius 1 is 1.03 bits per heavy atom. The van der Waals surface area contributed by atoms with Crippen molar-refractivity contribution in [2.24, 2.45) is 5.73 Å². The predicted octanol–water partition coefficient (Wildman–Crippen LogP) is 4.26. The summed E-state index contributed by atoms with van der Waals surface area (Å²) in [5, 5.41) is 5.19. The highest BCUT2D eigenvalue weighted by Crippen LogP contribution is 2.29. The van der Waals surface area contributed by atoms with Gasteiger partial charge in [0.05, 0.1) is 29.5 Å². The van der Waals surface area contributed by atoms with Crippen LogP contribution in [0.4, 0.5) is 13.2 Å². The molecule has 0 saturated carbocycles. The van der Waals surface area contributed by atoms with Gasteiger partial charge >= 0.3 is 6.18 Å². The van der Waals surface area contributed by atoms with E-state index in [1.54, 1.807) is 29.1 Å². The standard InChI is InChI=1S/C21H15F3N4O/c22-21(23,24)16-7-4-13(5-8-16)12-28-19-9-6-14(10-15(19)11-26-28)17-2-1-3-18(27-17)20(25)29/h1-11H,12H2,(H2,25,29). The molecule has 0 atom stereocenters. The quantitative estimate of drug-likeness (QED) is 0.560. The molecule has 2 N–H and O–H groups in total. The third-order valence-corrected chi connectivity index (χ3v) is 4.55. The molecule has 146 valence electrons. The summed E-state index contributed by atoms with van der Waals surface area (Å²) in [5.41, 5.74) is 7.74. The Kier molecular flexibility index (Phi) is 4.54. The molecule has 0 fully saturated rings. The van der Waals surface area contributed by atoms with Crippen LogP contribution in [0.2, 0.25) is 0 Å². The van der Waals surface area contributed by atoms with Crippen molar-refractivity contribution in [3.63, 3.8) is 0 Å². The topological polar surface area (TPSA) is 73.8 Å². The Hall–Kier alpha value is -3.68. The molecule has 0 radical (unpaired) electrons. The van der Waals surface area contributed by atoms with Gasteiger partial charge in [0.2, 0.25) is 0 Å². The van der Waals surface area contributed by atoms with Gasteiger partial charge in [-0.05, 0) is 42.0 Å². The number of alkyl halides is 3. The highest BCUT2D eigenvalue weighted by molar-refractivity contribution is 5.91. The van der Waals surface area contributed by atoms with Gasteiger partial charge in [-0.25, -0.2) is 4.98 Å². The lowest BCUT2D eigenvalue weighted by molar-refractivity contribution is -0.137. The lowest BCUT2D eigenvalue weighted by Crippen LogP contribution is -2.12. The fourth-order valence-electron chi connectivity index (χ4n) is 3.08. The summed E-state index contributed by atoms with van der Waals surface area (Å²) in [5.74, 6) is -0.600. The van der Waals surface area contributed by atoms with Crippen LogP contribution < -0.4 is 5.73 Å². The largest absolute Gasteiger partial charge is 0.416 e. The smallest absolute Gasteiger partial charge is 0.364 e. The fourth-order valence-corrected chi connectivity index (χ4v) is 3.08. The van der Waals surface area contributed by atoms with Gasteiger partial charge in [0, 0.05) is 10.9 Å². The van der Waals surface area contributed by atoms with Crippen LogP contribution in [0, 0.1) is 0 Å². The molecule has 2 heterocycles. The highest BCUT2D eigenvalue weighted by Gasteiger charge is 2.29. The number of primary amides is 1. The Morgan fingerprint density at radius 3 is 2.48 bits per heavy atom. The molecule has 5 nitrogen and oxygen atoms in total. The Labute approximate surface area is 163 Å². The number of carbonyl (C=O) groups is 1. The Bertz CT molecular complexity index is 1200. The molecule has 0 spiro atoms. The molecule has 1 amide bonds.